The minimum atomic E-state index is 0.0308. The van der Waals surface area contributed by atoms with E-state index in [2.05, 4.69) is 4.98 Å². The molecule has 0 radical (unpaired) electrons. The Morgan fingerprint density at radius 1 is 1.24 bits per heavy atom. The molecule has 1 N–H and O–H groups in total. The highest BCUT2D eigenvalue weighted by molar-refractivity contribution is 5.67. The number of methoxy groups -OCH3 is 1. The molecule has 0 aliphatic rings. The first kappa shape index (κ1) is 11.6. The number of nitrogens with zero attached hydrogens (tertiary/aromatic N) is 1. The van der Waals surface area contributed by atoms with Crippen LogP contribution in [0.5, 0.6) is 5.88 Å². The molecule has 0 aliphatic heterocycles. The molecule has 0 spiro atoms. The number of hydrogen-bond donors (Lipinski definition) is 1. The van der Waals surface area contributed by atoms with Gasteiger partial charge in [-0.3, -0.25) is 0 Å². The Bertz CT molecular complexity index is 506. The molecule has 0 aliphatic carbocycles. The summed E-state index contributed by atoms with van der Waals surface area (Å²) >= 11 is 0. The van der Waals surface area contributed by atoms with Crippen molar-refractivity contribution in [3.05, 3.63) is 47.7 Å². The number of aliphatic hydroxyl groups excluding tert-OH is 1. The molecule has 0 saturated carbocycles. The third-order valence-corrected chi connectivity index (χ3v) is 2.69. The lowest BCUT2D eigenvalue weighted by molar-refractivity contribution is 0.282. The predicted octanol–water partition coefficient (Wildman–Crippen LogP) is 2.56. The van der Waals surface area contributed by atoms with Gasteiger partial charge in [-0.15, -0.1) is 0 Å². The van der Waals surface area contributed by atoms with Gasteiger partial charge in [0.2, 0.25) is 5.88 Å². The minimum Gasteiger partial charge on any atom is -0.481 e. The fourth-order valence-corrected chi connectivity index (χ4v) is 1.80. The molecule has 3 nitrogen and oxygen atoms in total. The van der Waals surface area contributed by atoms with Crippen molar-refractivity contribution >= 4 is 0 Å². The molecule has 2 aromatic rings. The van der Waals surface area contributed by atoms with Crippen molar-refractivity contribution in [3.63, 3.8) is 0 Å². The molecule has 0 fully saturated rings. The van der Waals surface area contributed by atoms with Gasteiger partial charge in [-0.2, -0.15) is 0 Å². The van der Waals surface area contributed by atoms with Crippen LogP contribution >= 0.6 is 0 Å². The Morgan fingerprint density at radius 2 is 2.06 bits per heavy atom. The summed E-state index contributed by atoms with van der Waals surface area (Å²) < 4.78 is 5.02. The van der Waals surface area contributed by atoms with E-state index in [9.17, 15) is 5.11 Å². The van der Waals surface area contributed by atoms with Crippen LogP contribution in [-0.4, -0.2) is 17.2 Å². The molecule has 2 rings (SSSR count). The standard InChI is InChI=1S/C14H15NO2/c1-10-3-5-13(12(7-10)9-16)11-4-6-14(17-2)15-8-11/h3-8,16H,9H2,1-2H3. The maximum absolute atomic E-state index is 9.36. The van der Waals surface area contributed by atoms with Gasteiger partial charge in [-0.25, -0.2) is 4.98 Å². The maximum Gasteiger partial charge on any atom is 0.212 e. The van der Waals surface area contributed by atoms with Gasteiger partial charge < -0.3 is 9.84 Å². The maximum atomic E-state index is 9.36. The second kappa shape index (κ2) is 4.97. The largest absolute Gasteiger partial charge is 0.481 e. The van der Waals surface area contributed by atoms with E-state index >= 15 is 0 Å². The SMILES string of the molecule is COc1ccc(-c2ccc(C)cc2CO)cn1. The van der Waals surface area contributed by atoms with Crippen LogP contribution in [0.3, 0.4) is 0 Å². The van der Waals surface area contributed by atoms with E-state index < -0.39 is 0 Å². The number of hydrogen-bond acceptors (Lipinski definition) is 3. The molecule has 0 atom stereocenters. The number of aliphatic hydroxyl groups is 1. The van der Waals surface area contributed by atoms with Crippen LogP contribution in [-0.2, 0) is 6.61 Å². The summed E-state index contributed by atoms with van der Waals surface area (Å²) in [6.45, 7) is 2.04. The monoisotopic (exact) mass is 229 g/mol. The number of aromatic nitrogens is 1. The number of rotatable bonds is 3. The van der Waals surface area contributed by atoms with Gasteiger partial charge in [0.1, 0.15) is 0 Å². The van der Waals surface area contributed by atoms with Crippen molar-refractivity contribution in [3.8, 4) is 17.0 Å². The minimum absolute atomic E-state index is 0.0308. The van der Waals surface area contributed by atoms with Gasteiger partial charge in [0.25, 0.3) is 0 Å². The number of benzene rings is 1. The molecule has 0 amide bonds. The molecule has 1 aromatic carbocycles. The fraction of sp³-hybridized carbons (Fsp3) is 0.214. The summed E-state index contributed by atoms with van der Waals surface area (Å²) in [5.41, 5.74) is 4.04. The summed E-state index contributed by atoms with van der Waals surface area (Å²) in [7, 11) is 1.59. The first-order valence-electron chi connectivity index (χ1n) is 5.45. The third kappa shape index (κ3) is 2.45. The second-order valence-corrected chi connectivity index (χ2v) is 3.91. The summed E-state index contributed by atoms with van der Waals surface area (Å²) in [5.74, 6) is 0.589. The molecule has 0 saturated heterocycles. The molecule has 88 valence electrons. The van der Waals surface area contributed by atoms with E-state index in [4.69, 9.17) is 4.74 Å². The van der Waals surface area contributed by atoms with Crippen molar-refractivity contribution in [1.82, 2.24) is 4.98 Å². The highest BCUT2D eigenvalue weighted by Gasteiger charge is 2.05. The Kier molecular flexibility index (Phi) is 3.40. The van der Waals surface area contributed by atoms with Crippen LogP contribution in [0.4, 0.5) is 0 Å². The van der Waals surface area contributed by atoms with Crippen LogP contribution in [0, 0.1) is 6.92 Å². The highest BCUT2D eigenvalue weighted by Crippen LogP contribution is 2.25. The molecule has 0 unspecified atom stereocenters. The molecule has 1 heterocycles. The van der Waals surface area contributed by atoms with Crippen molar-refractivity contribution in [1.29, 1.82) is 0 Å². The lowest BCUT2D eigenvalue weighted by Crippen LogP contribution is -1.92. The Morgan fingerprint density at radius 3 is 2.65 bits per heavy atom. The average Bonchev–Trinajstić information content (AvgIpc) is 2.39. The van der Waals surface area contributed by atoms with Crippen molar-refractivity contribution in [2.75, 3.05) is 7.11 Å². The molecule has 0 bridgehead atoms. The first-order valence-corrected chi connectivity index (χ1v) is 5.45. The van der Waals surface area contributed by atoms with Crippen molar-refractivity contribution < 1.29 is 9.84 Å². The van der Waals surface area contributed by atoms with Crippen molar-refractivity contribution in [2.45, 2.75) is 13.5 Å². The normalized spacial score (nSPS) is 10.3. The van der Waals surface area contributed by atoms with E-state index in [1.54, 1.807) is 13.3 Å². The van der Waals surface area contributed by atoms with Crippen LogP contribution < -0.4 is 4.74 Å². The highest BCUT2D eigenvalue weighted by atomic mass is 16.5. The number of ether oxygens (including phenoxy) is 1. The van der Waals surface area contributed by atoms with Gasteiger partial charge in [-0.05, 0) is 24.1 Å². The van der Waals surface area contributed by atoms with Gasteiger partial charge in [0.15, 0.2) is 0 Å². The lowest BCUT2D eigenvalue weighted by Gasteiger charge is -2.09. The zero-order valence-corrected chi connectivity index (χ0v) is 9.97. The second-order valence-electron chi connectivity index (χ2n) is 3.91. The van der Waals surface area contributed by atoms with Crippen molar-refractivity contribution in [2.24, 2.45) is 0 Å². The number of aryl methyl sites for hydroxylation is 1. The molecule has 3 heteroatoms. The Balaban J connectivity index is 2.44. The first-order chi connectivity index (χ1) is 8.24. The molecule has 1 aromatic heterocycles. The zero-order chi connectivity index (χ0) is 12.3. The molecular formula is C14H15NO2. The average molecular weight is 229 g/mol. The van der Waals surface area contributed by atoms with E-state index in [0.29, 0.717) is 5.88 Å². The fourth-order valence-electron chi connectivity index (χ4n) is 1.80. The summed E-state index contributed by atoms with van der Waals surface area (Å²) in [5, 5.41) is 9.36. The lowest BCUT2D eigenvalue weighted by atomic mass is 9.99. The Hall–Kier alpha value is -1.87. The van der Waals surface area contributed by atoms with Crippen LogP contribution in [0.2, 0.25) is 0 Å². The van der Waals surface area contributed by atoms with E-state index in [0.717, 1.165) is 22.3 Å². The van der Waals surface area contributed by atoms with E-state index in [1.165, 1.54) is 0 Å². The quantitative estimate of drug-likeness (QED) is 0.879. The van der Waals surface area contributed by atoms with E-state index in [-0.39, 0.29) is 6.61 Å². The van der Waals surface area contributed by atoms with Gasteiger partial charge in [0.05, 0.1) is 13.7 Å². The topological polar surface area (TPSA) is 42.4 Å². The van der Waals surface area contributed by atoms with E-state index in [1.807, 2.05) is 37.3 Å². The predicted molar refractivity (Wildman–Crippen MR) is 66.9 cm³/mol. The van der Waals surface area contributed by atoms with Crippen LogP contribution in [0.1, 0.15) is 11.1 Å². The summed E-state index contributed by atoms with van der Waals surface area (Å²) in [6.07, 6.45) is 1.75. The van der Waals surface area contributed by atoms with Gasteiger partial charge >= 0.3 is 0 Å². The number of pyridine rings is 1. The summed E-state index contributed by atoms with van der Waals surface area (Å²) in [6, 6.07) is 9.77. The van der Waals surface area contributed by atoms with Gasteiger partial charge in [0, 0.05) is 17.8 Å². The smallest absolute Gasteiger partial charge is 0.212 e. The zero-order valence-electron chi connectivity index (χ0n) is 9.97. The van der Waals surface area contributed by atoms with Crippen LogP contribution in [0.15, 0.2) is 36.5 Å². The molecule has 17 heavy (non-hydrogen) atoms. The van der Waals surface area contributed by atoms with Gasteiger partial charge in [-0.1, -0.05) is 23.8 Å². The molecular weight excluding hydrogens is 214 g/mol. The Labute approximate surface area is 101 Å². The van der Waals surface area contributed by atoms with Crippen LogP contribution in [0.25, 0.3) is 11.1 Å². The summed E-state index contributed by atoms with van der Waals surface area (Å²) in [4.78, 5) is 4.17. The third-order valence-electron chi connectivity index (χ3n) is 2.69.